The van der Waals surface area contributed by atoms with E-state index in [1.54, 1.807) is 12.1 Å². The van der Waals surface area contributed by atoms with Crippen molar-refractivity contribution in [1.29, 1.82) is 0 Å². The number of rotatable bonds is 3. The molecule has 0 atom stereocenters. The third kappa shape index (κ3) is 2.93. The van der Waals surface area contributed by atoms with Gasteiger partial charge in [-0.2, -0.15) is 0 Å². The summed E-state index contributed by atoms with van der Waals surface area (Å²) in [5, 5.41) is 16.8. The first kappa shape index (κ1) is 13.5. The van der Waals surface area contributed by atoms with E-state index >= 15 is 0 Å². The van der Waals surface area contributed by atoms with Crippen LogP contribution in [0.1, 0.15) is 25.3 Å². The van der Waals surface area contributed by atoms with Gasteiger partial charge in [-0.3, -0.25) is 0 Å². The number of para-hydroxylation sites is 1. The smallest absolute Gasteiger partial charge is 0.281 e. The number of aromatic hydroxyl groups is 1. The highest BCUT2D eigenvalue weighted by Gasteiger charge is 2.16. The molecule has 1 aromatic carbocycles. The van der Waals surface area contributed by atoms with Crippen LogP contribution in [0.15, 0.2) is 24.3 Å². The second kappa shape index (κ2) is 5.40. The molecule has 2 rings (SSSR count). The normalized spacial score (nSPS) is 10.8. The molecule has 1 aromatic heterocycles. The van der Waals surface area contributed by atoms with E-state index < -0.39 is 5.82 Å². The zero-order chi connectivity index (χ0) is 14.0. The van der Waals surface area contributed by atoms with E-state index in [0.717, 1.165) is 0 Å². The van der Waals surface area contributed by atoms with Crippen molar-refractivity contribution in [1.82, 2.24) is 10.2 Å². The minimum Gasteiger partial charge on any atom is -0.503 e. The van der Waals surface area contributed by atoms with Crippen molar-refractivity contribution in [2.24, 2.45) is 0 Å². The van der Waals surface area contributed by atoms with Crippen LogP contribution in [0.4, 0.5) is 4.39 Å². The fraction of sp³-hybridized carbons (Fsp3) is 0.231. The first-order valence-corrected chi connectivity index (χ1v) is 6.05. The largest absolute Gasteiger partial charge is 0.503 e. The molecule has 0 bridgehead atoms. The summed E-state index contributed by atoms with van der Waals surface area (Å²) >= 11 is 5.57. The molecule has 0 spiro atoms. The molecular formula is C13H12ClFN2O2. The Bertz CT molecular complexity index is 605. The van der Waals surface area contributed by atoms with E-state index in [2.05, 4.69) is 10.2 Å². The molecule has 0 saturated carbocycles. The number of ether oxygens (including phenoxy) is 1. The Hall–Kier alpha value is -1.88. The lowest BCUT2D eigenvalue weighted by Crippen LogP contribution is -1.99. The average Bonchev–Trinajstić information content (AvgIpc) is 2.34. The summed E-state index contributed by atoms with van der Waals surface area (Å²) in [5.41, 5.74) is 0.677. The molecule has 2 aromatic rings. The summed E-state index contributed by atoms with van der Waals surface area (Å²) in [4.78, 5) is 0. The lowest BCUT2D eigenvalue weighted by atomic mass is 10.0. The van der Waals surface area contributed by atoms with E-state index in [1.807, 2.05) is 13.8 Å². The van der Waals surface area contributed by atoms with Gasteiger partial charge in [-0.15, -0.1) is 10.2 Å². The molecule has 0 aliphatic carbocycles. The lowest BCUT2D eigenvalue weighted by molar-refractivity contribution is 0.373. The van der Waals surface area contributed by atoms with Gasteiger partial charge in [0, 0.05) is 11.6 Å². The first-order valence-electron chi connectivity index (χ1n) is 5.67. The number of nitrogens with zero attached hydrogens (tertiary/aromatic N) is 2. The van der Waals surface area contributed by atoms with Crippen molar-refractivity contribution < 1.29 is 14.2 Å². The maximum atomic E-state index is 13.8. The highest BCUT2D eigenvalue weighted by atomic mass is 35.5. The fourth-order valence-corrected chi connectivity index (χ4v) is 1.75. The molecule has 1 N–H and O–H groups in total. The molecule has 19 heavy (non-hydrogen) atoms. The van der Waals surface area contributed by atoms with Gasteiger partial charge in [-0.25, -0.2) is 4.39 Å². The first-order chi connectivity index (χ1) is 8.99. The van der Waals surface area contributed by atoms with Gasteiger partial charge in [0.05, 0.1) is 0 Å². The standard InChI is InChI=1S/C13H12ClFN2O2/c1-7(2)8-4-3-5-9(15)12(8)19-13-10(18)6-11(14)16-17-13/h3-7H,1-2H3,(H,16,18). The number of halogens is 2. The molecular weight excluding hydrogens is 271 g/mol. The van der Waals surface area contributed by atoms with Gasteiger partial charge in [0.1, 0.15) is 0 Å². The zero-order valence-electron chi connectivity index (χ0n) is 10.4. The molecule has 0 fully saturated rings. The van der Waals surface area contributed by atoms with E-state index in [9.17, 15) is 9.50 Å². The van der Waals surface area contributed by atoms with Crippen LogP contribution >= 0.6 is 11.6 Å². The van der Waals surface area contributed by atoms with Crippen LogP contribution in [0.5, 0.6) is 17.4 Å². The second-order valence-electron chi connectivity index (χ2n) is 4.27. The van der Waals surface area contributed by atoms with Gasteiger partial charge in [0.2, 0.25) is 0 Å². The van der Waals surface area contributed by atoms with Gasteiger partial charge in [-0.05, 0) is 12.0 Å². The van der Waals surface area contributed by atoms with E-state index in [-0.39, 0.29) is 28.5 Å². The van der Waals surface area contributed by atoms with E-state index in [1.165, 1.54) is 12.1 Å². The fourth-order valence-electron chi connectivity index (χ4n) is 1.61. The maximum absolute atomic E-state index is 13.8. The lowest BCUT2D eigenvalue weighted by Gasteiger charge is -2.14. The van der Waals surface area contributed by atoms with Crippen LogP contribution < -0.4 is 4.74 Å². The van der Waals surface area contributed by atoms with Gasteiger partial charge < -0.3 is 9.84 Å². The van der Waals surface area contributed by atoms with Crippen molar-refractivity contribution >= 4 is 11.6 Å². The highest BCUT2D eigenvalue weighted by molar-refractivity contribution is 6.29. The Kier molecular flexibility index (Phi) is 3.85. The van der Waals surface area contributed by atoms with Crippen molar-refractivity contribution in [3.63, 3.8) is 0 Å². The molecule has 0 radical (unpaired) electrons. The third-order valence-corrected chi connectivity index (χ3v) is 2.71. The Morgan fingerprint density at radius 1 is 1.32 bits per heavy atom. The number of aromatic nitrogens is 2. The number of hydrogen-bond acceptors (Lipinski definition) is 4. The summed E-state index contributed by atoms with van der Waals surface area (Å²) in [5.74, 6) is -0.908. The number of benzene rings is 1. The van der Waals surface area contributed by atoms with Crippen molar-refractivity contribution in [2.75, 3.05) is 0 Å². The average molecular weight is 283 g/mol. The molecule has 0 aliphatic heterocycles. The quantitative estimate of drug-likeness (QED) is 0.928. The molecule has 0 amide bonds. The van der Waals surface area contributed by atoms with E-state index in [0.29, 0.717) is 5.56 Å². The van der Waals surface area contributed by atoms with Crippen LogP contribution in [0.2, 0.25) is 5.15 Å². The van der Waals surface area contributed by atoms with E-state index in [4.69, 9.17) is 16.3 Å². The predicted octanol–water partition coefficient (Wildman–Crippen LogP) is 3.89. The summed E-state index contributed by atoms with van der Waals surface area (Å²) in [6, 6.07) is 5.82. The Labute approximate surface area is 114 Å². The Morgan fingerprint density at radius 2 is 2.05 bits per heavy atom. The molecule has 100 valence electrons. The Balaban J connectivity index is 2.43. The van der Waals surface area contributed by atoms with Gasteiger partial charge >= 0.3 is 0 Å². The van der Waals surface area contributed by atoms with Crippen LogP contribution in [-0.4, -0.2) is 15.3 Å². The molecule has 6 heteroatoms. The van der Waals surface area contributed by atoms with Crippen LogP contribution in [0.25, 0.3) is 0 Å². The van der Waals surface area contributed by atoms with Crippen molar-refractivity contribution in [3.05, 3.63) is 40.8 Å². The van der Waals surface area contributed by atoms with Gasteiger partial charge in [-0.1, -0.05) is 37.6 Å². The van der Waals surface area contributed by atoms with Crippen LogP contribution in [-0.2, 0) is 0 Å². The summed E-state index contributed by atoms with van der Waals surface area (Å²) in [6.45, 7) is 3.82. The molecule has 1 heterocycles. The molecule has 4 nitrogen and oxygen atoms in total. The second-order valence-corrected chi connectivity index (χ2v) is 4.66. The monoisotopic (exact) mass is 282 g/mol. The Morgan fingerprint density at radius 3 is 2.68 bits per heavy atom. The minimum atomic E-state index is -0.526. The predicted molar refractivity (Wildman–Crippen MR) is 69.3 cm³/mol. The molecule has 0 aliphatic rings. The van der Waals surface area contributed by atoms with Crippen LogP contribution in [0, 0.1) is 5.82 Å². The molecule has 0 saturated heterocycles. The van der Waals surface area contributed by atoms with Gasteiger partial charge in [0.25, 0.3) is 5.88 Å². The SMILES string of the molecule is CC(C)c1cccc(F)c1Oc1nnc(Cl)cc1O. The topological polar surface area (TPSA) is 55.2 Å². The van der Waals surface area contributed by atoms with Crippen molar-refractivity contribution in [2.45, 2.75) is 19.8 Å². The summed E-state index contributed by atoms with van der Waals surface area (Å²) in [6.07, 6.45) is 0. The minimum absolute atomic E-state index is 0.0301. The van der Waals surface area contributed by atoms with Gasteiger partial charge in [0.15, 0.2) is 22.5 Å². The number of hydrogen-bond donors (Lipinski definition) is 1. The molecule has 0 unspecified atom stereocenters. The summed E-state index contributed by atoms with van der Waals surface area (Å²) in [7, 11) is 0. The maximum Gasteiger partial charge on any atom is 0.281 e. The third-order valence-electron chi connectivity index (χ3n) is 2.53. The van der Waals surface area contributed by atoms with Crippen molar-refractivity contribution in [3.8, 4) is 17.4 Å². The van der Waals surface area contributed by atoms with Crippen LogP contribution in [0.3, 0.4) is 0 Å². The summed E-state index contributed by atoms with van der Waals surface area (Å²) < 4.78 is 19.2. The zero-order valence-corrected chi connectivity index (χ0v) is 11.1. The highest BCUT2D eigenvalue weighted by Crippen LogP contribution is 2.35.